The van der Waals surface area contributed by atoms with Crippen molar-refractivity contribution >= 4 is 40.1 Å². The maximum atomic E-state index is 14.2. The van der Waals surface area contributed by atoms with E-state index in [0.717, 1.165) is 5.56 Å². The Morgan fingerprint density at radius 2 is 1.81 bits per heavy atom. The molecule has 1 amide bonds. The maximum Gasteiger partial charge on any atom is 0.257 e. The summed E-state index contributed by atoms with van der Waals surface area (Å²) >= 11 is 0. The molecule has 3 heterocycles. The molecule has 2 aromatic heterocycles. The van der Waals surface area contributed by atoms with Gasteiger partial charge >= 0.3 is 0 Å². The van der Waals surface area contributed by atoms with Crippen molar-refractivity contribution in [3.63, 3.8) is 0 Å². The number of rotatable bonds is 5. The minimum atomic E-state index is -0.445. The largest absolute Gasteiger partial charge is 0.454 e. The van der Waals surface area contributed by atoms with E-state index in [-0.39, 0.29) is 35.9 Å². The monoisotopic (exact) mass is 482 g/mol. The molecule has 9 nitrogen and oxygen atoms in total. The first-order chi connectivity index (χ1) is 17.6. The van der Waals surface area contributed by atoms with Gasteiger partial charge in [0.15, 0.2) is 17.1 Å². The Morgan fingerprint density at radius 1 is 1.06 bits per heavy atom. The molecule has 0 fully saturated rings. The standard InChI is InChI=1S/C26H19FN6O3/c27-17-6-2-1-5-16(17)13-30-33-24(28)22(23-25(33)32-19-8-4-3-7-18(19)31-23)26(34)29-12-15-9-10-20-21(11-15)36-14-35-20/h1-11,13H,12,14,28H2,(H,29,34)/b30-13+. The van der Waals surface area contributed by atoms with Crippen LogP contribution in [0.25, 0.3) is 22.2 Å². The average molecular weight is 482 g/mol. The molecule has 0 aliphatic carbocycles. The number of nitrogens with two attached hydrogens (primary N) is 1. The van der Waals surface area contributed by atoms with Crippen LogP contribution in [0.3, 0.4) is 0 Å². The van der Waals surface area contributed by atoms with Crippen LogP contribution < -0.4 is 20.5 Å². The number of aromatic nitrogens is 3. The first-order valence-corrected chi connectivity index (χ1v) is 11.1. The van der Waals surface area contributed by atoms with Gasteiger partial charge in [0, 0.05) is 12.1 Å². The average Bonchev–Trinajstić information content (AvgIpc) is 3.46. The molecule has 10 heteroatoms. The Kier molecular flexibility index (Phi) is 5.18. The first kappa shape index (κ1) is 21.5. The van der Waals surface area contributed by atoms with Crippen LogP contribution in [0.5, 0.6) is 11.5 Å². The third-order valence-corrected chi connectivity index (χ3v) is 5.81. The number of nitrogens with one attached hydrogen (secondary N) is 1. The summed E-state index contributed by atoms with van der Waals surface area (Å²) in [4.78, 5) is 22.6. The van der Waals surface area contributed by atoms with Crippen LogP contribution in [-0.4, -0.2) is 33.6 Å². The summed E-state index contributed by atoms with van der Waals surface area (Å²) in [6.45, 7) is 0.391. The van der Waals surface area contributed by atoms with Crippen molar-refractivity contribution in [2.45, 2.75) is 6.54 Å². The van der Waals surface area contributed by atoms with Crippen molar-refractivity contribution in [1.82, 2.24) is 20.0 Å². The Hall–Kier alpha value is -4.99. The number of para-hydroxylation sites is 2. The molecular formula is C26H19FN6O3. The lowest BCUT2D eigenvalue weighted by Crippen LogP contribution is -2.23. The van der Waals surface area contributed by atoms with Crippen LogP contribution in [0, 0.1) is 5.82 Å². The molecule has 36 heavy (non-hydrogen) atoms. The molecule has 5 aromatic rings. The number of benzene rings is 3. The van der Waals surface area contributed by atoms with E-state index in [4.69, 9.17) is 15.2 Å². The highest BCUT2D eigenvalue weighted by Crippen LogP contribution is 2.33. The van der Waals surface area contributed by atoms with Gasteiger partial charge in [-0.05, 0) is 35.9 Å². The number of fused-ring (bicyclic) bond motifs is 3. The Morgan fingerprint density at radius 3 is 2.64 bits per heavy atom. The highest BCUT2D eigenvalue weighted by atomic mass is 19.1. The van der Waals surface area contributed by atoms with Gasteiger partial charge in [0.1, 0.15) is 22.7 Å². The van der Waals surface area contributed by atoms with Crippen molar-refractivity contribution in [1.29, 1.82) is 0 Å². The molecule has 3 aromatic carbocycles. The number of nitrogen functional groups attached to an aromatic ring is 1. The predicted molar refractivity (Wildman–Crippen MR) is 133 cm³/mol. The van der Waals surface area contributed by atoms with Gasteiger partial charge in [-0.2, -0.15) is 9.78 Å². The van der Waals surface area contributed by atoms with E-state index in [0.29, 0.717) is 28.0 Å². The molecule has 3 N–H and O–H groups in total. The number of carbonyl (C=O) groups excluding carboxylic acids is 1. The highest BCUT2D eigenvalue weighted by Gasteiger charge is 2.24. The third-order valence-electron chi connectivity index (χ3n) is 5.81. The van der Waals surface area contributed by atoms with Crippen LogP contribution in [0.1, 0.15) is 21.5 Å². The van der Waals surface area contributed by atoms with Crippen LogP contribution in [0.4, 0.5) is 10.2 Å². The number of halogens is 1. The predicted octanol–water partition coefficient (Wildman–Crippen LogP) is 3.85. The zero-order valence-electron chi connectivity index (χ0n) is 18.8. The maximum absolute atomic E-state index is 14.2. The lowest BCUT2D eigenvalue weighted by atomic mass is 10.2. The van der Waals surface area contributed by atoms with Gasteiger partial charge in [-0.1, -0.05) is 36.4 Å². The lowest BCUT2D eigenvalue weighted by molar-refractivity contribution is 0.0953. The van der Waals surface area contributed by atoms with E-state index < -0.39 is 11.7 Å². The molecule has 1 aliphatic heterocycles. The molecule has 0 saturated carbocycles. The fourth-order valence-electron chi connectivity index (χ4n) is 4.01. The molecule has 0 unspecified atom stereocenters. The highest BCUT2D eigenvalue weighted by molar-refractivity contribution is 6.10. The van der Waals surface area contributed by atoms with Gasteiger partial charge < -0.3 is 20.5 Å². The van der Waals surface area contributed by atoms with Crippen LogP contribution in [0.2, 0.25) is 0 Å². The SMILES string of the molecule is Nc1c(C(=O)NCc2ccc3c(c2)OCO3)c2nc3ccccc3nc2n1/N=C/c1ccccc1F. The fraction of sp³-hybridized carbons (Fsp3) is 0.0769. The molecule has 6 rings (SSSR count). The van der Waals surface area contributed by atoms with Crippen LogP contribution in [-0.2, 0) is 6.54 Å². The van der Waals surface area contributed by atoms with Gasteiger partial charge in [0.05, 0.1) is 17.2 Å². The van der Waals surface area contributed by atoms with Gasteiger partial charge in [0.2, 0.25) is 6.79 Å². The summed E-state index contributed by atoms with van der Waals surface area (Å²) in [6, 6.07) is 18.9. The van der Waals surface area contributed by atoms with Crippen LogP contribution >= 0.6 is 0 Å². The molecule has 0 atom stereocenters. The van der Waals surface area contributed by atoms with Crippen molar-refractivity contribution in [2.75, 3.05) is 12.5 Å². The summed E-state index contributed by atoms with van der Waals surface area (Å²) in [5.74, 6) is 0.440. The number of carbonyl (C=O) groups is 1. The smallest absolute Gasteiger partial charge is 0.257 e. The molecule has 0 saturated heterocycles. The number of amides is 1. The minimum Gasteiger partial charge on any atom is -0.454 e. The topological polar surface area (TPSA) is 117 Å². The van der Waals surface area contributed by atoms with Gasteiger partial charge in [-0.15, -0.1) is 0 Å². The summed E-state index contributed by atoms with van der Waals surface area (Å²) in [7, 11) is 0. The zero-order chi connectivity index (χ0) is 24.6. The lowest BCUT2D eigenvalue weighted by Gasteiger charge is -2.06. The Labute approximate surface area is 204 Å². The number of hydrogen-bond acceptors (Lipinski definition) is 7. The van der Waals surface area contributed by atoms with Gasteiger partial charge in [-0.25, -0.2) is 14.4 Å². The second kappa shape index (κ2) is 8.66. The van der Waals surface area contributed by atoms with E-state index in [1.54, 1.807) is 42.5 Å². The van der Waals surface area contributed by atoms with Crippen molar-refractivity contribution in [3.05, 3.63) is 89.2 Å². The minimum absolute atomic E-state index is 0.0380. The summed E-state index contributed by atoms with van der Waals surface area (Å²) in [5, 5.41) is 7.22. The van der Waals surface area contributed by atoms with Crippen molar-refractivity contribution in [3.8, 4) is 11.5 Å². The zero-order valence-corrected chi connectivity index (χ0v) is 18.8. The second-order valence-corrected chi connectivity index (χ2v) is 8.09. The molecule has 0 bridgehead atoms. The summed E-state index contributed by atoms with van der Waals surface area (Å²) in [6.07, 6.45) is 1.33. The van der Waals surface area contributed by atoms with Crippen molar-refractivity contribution < 1.29 is 18.7 Å². The first-order valence-electron chi connectivity index (χ1n) is 11.1. The summed E-state index contributed by atoms with van der Waals surface area (Å²) < 4.78 is 26.2. The Balaban J connectivity index is 1.40. The number of hydrogen-bond donors (Lipinski definition) is 2. The van der Waals surface area contributed by atoms with E-state index in [1.807, 2.05) is 18.2 Å². The van der Waals surface area contributed by atoms with Crippen LogP contribution in [0.15, 0.2) is 71.8 Å². The third kappa shape index (κ3) is 3.74. The molecule has 1 aliphatic rings. The quantitative estimate of drug-likeness (QED) is 0.368. The molecular weight excluding hydrogens is 463 g/mol. The van der Waals surface area contributed by atoms with E-state index in [2.05, 4.69) is 20.4 Å². The normalized spacial score (nSPS) is 12.6. The number of nitrogens with zero attached hydrogens (tertiary/aromatic N) is 4. The number of anilines is 1. The second-order valence-electron chi connectivity index (χ2n) is 8.09. The van der Waals surface area contributed by atoms with Gasteiger partial charge in [-0.3, -0.25) is 4.79 Å². The van der Waals surface area contributed by atoms with E-state index in [1.165, 1.54) is 17.0 Å². The molecule has 178 valence electrons. The Bertz CT molecular complexity index is 1680. The summed E-state index contributed by atoms with van der Waals surface area (Å²) in [5.41, 5.74) is 9.41. The van der Waals surface area contributed by atoms with Gasteiger partial charge in [0.25, 0.3) is 5.91 Å². The molecule has 0 spiro atoms. The number of ether oxygens (including phenoxy) is 2. The van der Waals surface area contributed by atoms with E-state index >= 15 is 0 Å². The fourth-order valence-corrected chi connectivity index (χ4v) is 4.01. The molecule has 0 radical (unpaired) electrons. The van der Waals surface area contributed by atoms with Crippen molar-refractivity contribution in [2.24, 2.45) is 5.10 Å². The van der Waals surface area contributed by atoms with E-state index in [9.17, 15) is 9.18 Å².